The number of aliphatic hydroxyl groups excluding tert-OH is 6. The molecular formula is C46H70O14. The van der Waals surface area contributed by atoms with Crippen LogP contribution in [0.5, 0.6) is 0 Å². The summed E-state index contributed by atoms with van der Waals surface area (Å²) in [7, 11) is 0. The summed E-state index contributed by atoms with van der Waals surface area (Å²) in [6.07, 6.45) is -3.33. The largest absolute Gasteiger partial charge is 0.479 e. The fourth-order valence-electron chi connectivity index (χ4n) is 13.4. The number of carbonyl (C=O) groups excluding carboxylic acids is 2. The molecule has 5 fully saturated rings. The lowest BCUT2D eigenvalue weighted by atomic mass is 9.33. The van der Waals surface area contributed by atoms with Crippen LogP contribution in [-0.2, 0) is 33.3 Å². The van der Waals surface area contributed by atoms with E-state index in [9.17, 15) is 50.1 Å². The summed E-state index contributed by atoms with van der Waals surface area (Å²) in [4.78, 5) is 39.3. The standard InChI is InChI=1S/C46H70O14/c1-11-23(3)38(55)57-30-20-45(10)25(26-19-41(5,6)35(52)36(46(26,30)22-48)60-39(56)24(4)12-2)13-14-28-42(7)17-16-29(43(8,21-47)27(42)15-18-44(28,45)9)58-40-33(51)31(49)32(50)34(59-40)37(53)54/h11-13,26-36,40,47-52H,14-22H2,1-10H3,(H,53,54)/b23-11+,24-12+/t26-,27+,28+,29-,30-,31+,32+,33-,34+,35-,36-,40-,42-,43-,44+,45+,46-/m0/s1. The van der Waals surface area contributed by atoms with Gasteiger partial charge in [-0.15, -0.1) is 0 Å². The number of aliphatic carboxylic acids is 1. The second-order valence-corrected chi connectivity index (χ2v) is 20.7. The van der Waals surface area contributed by atoms with Gasteiger partial charge < -0.3 is 54.7 Å². The number of ether oxygens (including phenoxy) is 4. The van der Waals surface area contributed by atoms with Gasteiger partial charge in [-0.1, -0.05) is 65.3 Å². The van der Waals surface area contributed by atoms with E-state index in [-0.39, 0.29) is 23.9 Å². The molecule has 0 amide bonds. The van der Waals surface area contributed by atoms with E-state index < -0.39 is 113 Å². The number of rotatable bonds is 9. The van der Waals surface area contributed by atoms with Crippen LogP contribution in [0.4, 0.5) is 0 Å². The minimum absolute atomic E-state index is 0.0533. The molecule has 0 aromatic rings. The van der Waals surface area contributed by atoms with Gasteiger partial charge in [0.05, 0.1) is 30.8 Å². The third kappa shape index (κ3) is 6.76. The number of carbonyl (C=O) groups is 3. The van der Waals surface area contributed by atoms with Crippen LogP contribution >= 0.6 is 0 Å². The third-order valence-corrected chi connectivity index (χ3v) is 17.5. The van der Waals surface area contributed by atoms with Gasteiger partial charge >= 0.3 is 17.9 Å². The third-order valence-electron chi connectivity index (χ3n) is 17.5. The molecule has 0 unspecified atom stereocenters. The highest BCUT2D eigenvalue weighted by molar-refractivity contribution is 5.88. The lowest BCUT2D eigenvalue weighted by Crippen LogP contribution is -2.72. The molecule has 17 atom stereocenters. The molecule has 14 heteroatoms. The van der Waals surface area contributed by atoms with Gasteiger partial charge in [0.25, 0.3) is 0 Å². The SMILES string of the molecule is C/C=C(\C)C(=O)O[C@H]1C[C@]2(C)C(=CC[C@@H]3[C@@]4(C)CC[C@H](O[C@H]5O[C@@H](C(=O)O)[C@H](O)[C@@H](O)[C@@H]5O)[C@@](C)(CO)[C@@H]4CC[C@]32C)[C@@H]2CC(C)(C)[C@@H](O)[C@H](OC(=O)/C(C)=C/C)[C@]12CO. The second-order valence-electron chi connectivity index (χ2n) is 20.7. The number of fused-ring (bicyclic) bond motifs is 7. The van der Waals surface area contributed by atoms with Crippen molar-refractivity contribution < 1.29 is 69.1 Å². The average molecular weight is 847 g/mol. The highest BCUT2D eigenvalue weighted by Gasteiger charge is 2.74. The Morgan fingerprint density at radius 2 is 1.42 bits per heavy atom. The summed E-state index contributed by atoms with van der Waals surface area (Å²) in [5.41, 5.74) is -2.53. The van der Waals surface area contributed by atoms with Crippen LogP contribution in [0.3, 0.4) is 0 Å². The van der Waals surface area contributed by atoms with E-state index in [2.05, 4.69) is 26.8 Å². The molecule has 0 aromatic carbocycles. The molecule has 4 saturated carbocycles. The van der Waals surface area contributed by atoms with Crippen LogP contribution in [0.15, 0.2) is 34.9 Å². The van der Waals surface area contributed by atoms with Crippen LogP contribution in [-0.4, -0.2) is 122 Å². The number of hydrogen-bond acceptors (Lipinski definition) is 13. The highest BCUT2D eigenvalue weighted by Crippen LogP contribution is 2.76. The predicted molar refractivity (Wildman–Crippen MR) is 218 cm³/mol. The molecular weight excluding hydrogens is 776 g/mol. The van der Waals surface area contributed by atoms with Gasteiger partial charge in [-0.25, -0.2) is 14.4 Å². The molecule has 1 heterocycles. The van der Waals surface area contributed by atoms with Gasteiger partial charge in [-0.3, -0.25) is 0 Å². The van der Waals surface area contributed by atoms with E-state index in [0.717, 1.165) is 5.57 Å². The predicted octanol–water partition coefficient (Wildman–Crippen LogP) is 3.98. The zero-order chi connectivity index (χ0) is 44.7. The molecule has 6 rings (SSSR count). The van der Waals surface area contributed by atoms with Crippen LogP contribution in [0, 0.1) is 50.2 Å². The Kier molecular flexibility index (Phi) is 12.6. The Morgan fingerprint density at radius 3 is 1.98 bits per heavy atom. The molecule has 7 N–H and O–H groups in total. The van der Waals surface area contributed by atoms with E-state index in [1.807, 2.05) is 20.8 Å². The van der Waals surface area contributed by atoms with Crippen molar-refractivity contribution in [1.82, 2.24) is 0 Å². The Balaban J connectivity index is 1.42. The quantitative estimate of drug-likeness (QED) is 0.0754. The van der Waals surface area contributed by atoms with E-state index >= 15 is 0 Å². The van der Waals surface area contributed by atoms with Gasteiger partial charge in [0.1, 0.15) is 30.5 Å². The smallest absolute Gasteiger partial charge is 0.335 e. The first-order valence-corrected chi connectivity index (χ1v) is 21.8. The summed E-state index contributed by atoms with van der Waals surface area (Å²) in [5, 5.41) is 76.4. The van der Waals surface area contributed by atoms with Gasteiger partial charge in [-0.05, 0) is 112 Å². The maximum absolute atomic E-state index is 13.8. The van der Waals surface area contributed by atoms with Crippen molar-refractivity contribution in [2.24, 2.45) is 50.2 Å². The van der Waals surface area contributed by atoms with Gasteiger partial charge in [0.15, 0.2) is 12.4 Å². The van der Waals surface area contributed by atoms with Crippen molar-refractivity contribution in [2.45, 2.75) is 169 Å². The molecule has 0 aromatic heterocycles. The first-order valence-electron chi connectivity index (χ1n) is 21.8. The van der Waals surface area contributed by atoms with Crippen molar-refractivity contribution in [3.63, 3.8) is 0 Å². The van der Waals surface area contributed by atoms with Crippen LogP contribution in [0.1, 0.15) is 114 Å². The first-order chi connectivity index (χ1) is 27.9. The molecule has 1 aliphatic heterocycles. The van der Waals surface area contributed by atoms with E-state index in [1.165, 1.54) is 0 Å². The number of hydrogen-bond donors (Lipinski definition) is 7. The molecule has 1 saturated heterocycles. The lowest BCUT2D eigenvalue weighted by Gasteiger charge is -2.72. The normalized spacial score (nSPS) is 47.7. The van der Waals surface area contributed by atoms with Crippen LogP contribution < -0.4 is 0 Å². The maximum atomic E-state index is 13.8. The topological polar surface area (TPSA) is 230 Å². The van der Waals surface area contributed by atoms with Crippen LogP contribution in [0.2, 0.25) is 0 Å². The molecule has 0 bridgehead atoms. The molecule has 60 heavy (non-hydrogen) atoms. The number of esters is 2. The van der Waals surface area contributed by atoms with Gasteiger partial charge in [-0.2, -0.15) is 0 Å². The maximum Gasteiger partial charge on any atom is 0.335 e. The molecule has 0 spiro atoms. The summed E-state index contributed by atoms with van der Waals surface area (Å²) in [5.74, 6) is -3.16. The zero-order valence-corrected chi connectivity index (χ0v) is 37.0. The van der Waals surface area contributed by atoms with Crippen molar-refractivity contribution in [3.05, 3.63) is 34.9 Å². The summed E-state index contributed by atoms with van der Waals surface area (Å²) >= 11 is 0. The Hall–Kier alpha value is -2.69. The van der Waals surface area contributed by atoms with Crippen molar-refractivity contribution >= 4 is 17.9 Å². The summed E-state index contributed by atoms with van der Waals surface area (Å²) in [6.45, 7) is 18.7. The minimum atomic E-state index is -1.86. The molecule has 6 aliphatic rings. The average Bonchev–Trinajstić information content (AvgIpc) is 3.20. The second kappa shape index (κ2) is 16.1. The first kappa shape index (κ1) is 46.8. The molecule has 14 nitrogen and oxygen atoms in total. The van der Waals surface area contributed by atoms with Gasteiger partial charge in [0, 0.05) is 16.6 Å². The monoisotopic (exact) mass is 846 g/mol. The Labute approximate surface area is 354 Å². The van der Waals surface area contributed by atoms with E-state index in [1.54, 1.807) is 39.8 Å². The Morgan fingerprint density at radius 1 is 0.800 bits per heavy atom. The number of aliphatic hydroxyl groups is 6. The lowest BCUT2D eigenvalue weighted by molar-refractivity contribution is -0.328. The summed E-state index contributed by atoms with van der Waals surface area (Å²) < 4.78 is 24.6. The fraction of sp³-hybridized carbons (Fsp3) is 0.804. The van der Waals surface area contributed by atoms with Crippen molar-refractivity contribution in [1.29, 1.82) is 0 Å². The minimum Gasteiger partial charge on any atom is -0.479 e. The van der Waals surface area contributed by atoms with E-state index in [4.69, 9.17) is 18.9 Å². The number of allylic oxidation sites excluding steroid dienone is 4. The fourth-order valence-corrected chi connectivity index (χ4v) is 13.4. The molecule has 5 aliphatic carbocycles. The van der Waals surface area contributed by atoms with E-state index in [0.29, 0.717) is 56.1 Å². The van der Waals surface area contributed by atoms with Crippen LogP contribution in [0.25, 0.3) is 0 Å². The van der Waals surface area contributed by atoms with Crippen molar-refractivity contribution in [3.8, 4) is 0 Å². The summed E-state index contributed by atoms with van der Waals surface area (Å²) in [6, 6.07) is 0. The molecule has 0 radical (unpaired) electrons. The Bertz CT molecular complexity index is 1790. The number of carboxylic acid groups (broad SMARTS) is 1. The molecule has 338 valence electrons. The zero-order valence-electron chi connectivity index (χ0n) is 37.0. The van der Waals surface area contributed by atoms with Crippen molar-refractivity contribution in [2.75, 3.05) is 13.2 Å². The number of carboxylic acids is 1. The highest BCUT2D eigenvalue weighted by atomic mass is 16.7. The van der Waals surface area contributed by atoms with Gasteiger partial charge in [0.2, 0.25) is 0 Å².